The summed E-state index contributed by atoms with van der Waals surface area (Å²) in [6.45, 7) is 13.7. The van der Waals surface area contributed by atoms with Gasteiger partial charge in [0.05, 0.1) is 5.41 Å². The molecule has 5 heteroatoms. The lowest BCUT2D eigenvalue weighted by molar-refractivity contribution is -0.162. The van der Waals surface area contributed by atoms with Crippen LogP contribution in [0.2, 0.25) is 0 Å². The van der Waals surface area contributed by atoms with Crippen LogP contribution in [0.3, 0.4) is 0 Å². The normalized spacial score (nSPS) is 14.5. The fourth-order valence-corrected chi connectivity index (χ4v) is 4.16. The van der Waals surface area contributed by atoms with Gasteiger partial charge in [0.25, 0.3) is 0 Å². The fourth-order valence-electron chi connectivity index (χ4n) is 2.88. The van der Waals surface area contributed by atoms with Gasteiger partial charge in [0.1, 0.15) is 5.60 Å². The molecule has 3 nitrogen and oxygen atoms in total. The molecule has 0 aliphatic carbocycles. The molecule has 0 heterocycles. The van der Waals surface area contributed by atoms with Gasteiger partial charge < -0.3 is 4.74 Å². The largest absolute Gasteiger partial charge is 0.459 e. The van der Waals surface area contributed by atoms with Gasteiger partial charge in [0.2, 0.25) is 0 Å². The fraction of sp³-hybridized carbons (Fsp3) is 0.636. The molecule has 1 aromatic carbocycles. The van der Waals surface area contributed by atoms with Crippen molar-refractivity contribution in [1.82, 2.24) is 0 Å². The maximum absolute atomic E-state index is 13.1. The summed E-state index contributed by atoms with van der Waals surface area (Å²) < 4.78 is 6.88. The summed E-state index contributed by atoms with van der Waals surface area (Å²) in [5, 5.41) is 0.153. The molecule has 0 aliphatic rings. The molecule has 0 amide bonds. The summed E-state index contributed by atoms with van der Waals surface area (Å²) in [7, 11) is 0. The van der Waals surface area contributed by atoms with Crippen LogP contribution in [0.5, 0.6) is 0 Å². The molecular formula is C22H33IO3S. The van der Waals surface area contributed by atoms with Crippen molar-refractivity contribution >= 4 is 45.4 Å². The van der Waals surface area contributed by atoms with E-state index < -0.39 is 11.0 Å². The molecule has 0 bridgehead atoms. The van der Waals surface area contributed by atoms with Crippen molar-refractivity contribution in [3.63, 3.8) is 0 Å². The molecule has 0 saturated heterocycles. The summed E-state index contributed by atoms with van der Waals surface area (Å²) >= 11 is 3.66. The maximum Gasteiger partial charge on any atom is 0.316 e. The predicted molar refractivity (Wildman–Crippen MR) is 123 cm³/mol. The van der Waals surface area contributed by atoms with Crippen LogP contribution in [-0.2, 0) is 19.7 Å². The minimum atomic E-state index is -0.682. The molecule has 1 unspecified atom stereocenters. The second-order valence-electron chi connectivity index (χ2n) is 9.14. The molecule has 0 radical (unpaired) electrons. The van der Waals surface area contributed by atoms with Gasteiger partial charge >= 0.3 is 5.97 Å². The number of ether oxygens (including phenoxy) is 1. The van der Waals surface area contributed by atoms with Crippen LogP contribution in [0, 0.1) is 8.99 Å². The SMILES string of the molecule is CC(=O)SCC(C)(C)CCCC(C)(C(=O)OC(C)(C)C)c1cccc(I)c1. The van der Waals surface area contributed by atoms with E-state index in [0.717, 1.165) is 34.1 Å². The predicted octanol–water partition coefficient (Wildman–Crippen LogP) is 6.37. The second kappa shape index (κ2) is 9.77. The van der Waals surface area contributed by atoms with Crippen LogP contribution >= 0.6 is 34.4 Å². The summed E-state index contributed by atoms with van der Waals surface area (Å²) in [5.74, 6) is 0.627. The Bertz CT molecular complexity index is 664. The van der Waals surface area contributed by atoms with Crippen molar-refractivity contribution in [1.29, 1.82) is 0 Å². The molecule has 0 spiro atoms. The lowest BCUT2D eigenvalue weighted by Crippen LogP contribution is -2.39. The number of carbonyl (C=O) groups excluding carboxylic acids is 2. The molecule has 152 valence electrons. The van der Waals surface area contributed by atoms with E-state index in [2.05, 4.69) is 42.5 Å². The summed E-state index contributed by atoms with van der Waals surface area (Å²) in [5.41, 5.74) is -0.147. The first kappa shape index (κ1) is 24.5. The van der Waals surface area contributed by atoms with E-state index in [9.17, 15) is 9.59 Å². The standard InChI is InChI=1S/C22H33IO3S/c1-16(24)27-15-21(5,6)12-9-13-22(7,19(25)26-20(2,3)4)17-10-8-11-18(23)14-17/h8,10-11,14H,9,12-13,15H2,1-7H3. The number of hydrogen-bond donors (Lipinski definition) is 0. The van der Waals surface area contributed by atoms with E-state index in [1.54, 1.807) is 6.92 Å². The van der Waals surface area contributed by atoms with E-state index >= 15 is 0 Å². The first-order valence-electron chi connectivity index (χ1n) is 9.38. The van der Waals surface area contributed by atoms with Crippen molar-refractivity contribution in [3.8, 4) is 0 Å². The average molecular weight is 504 g/mol. The molecule has 0 aliphatic heterocycles. The maximum atomic E-state index is 13.1. The Morgan fingerprint density at radius 3 is 2.22 bits per heavy atom. The van der Waals surface area contributed by atoms with Crippen molar-refractivity contribution in [2.45, 2.75) is 78.7 Å². The van der Waals surface area contributed by atoms with E-state index in [1.165, 1.54) is 11.8 Å². The van der Waals surface area contributed by atoms with E-state index in [0.29, 0.717) is 0 Å². The van der Waals surface area contributed by atoms with E-state index in [1.807, 2.05) is 45.9 Å². The molecule has 1 atom stereocenters. The third-order valence-electron chi connectivity index (χ3n) is 4.51. The van der Waals surface area contributed by atoms with Gasteiger partial charge in [-0.25, -0.2) is 0 Å². The van der Waals surface area contributed by atoms with Crippen LogP contribution in [-0.4, -0.2) is 22.4 Å². The topological polar surface area (TPSA) is 43.4 Å². The Balaban J connectivity index is 2.96. The summed E-state index contributed by atoms with van der Waals surface area (Å²) in [4.78, 5) is 24.4. The van der Waals surface area contributed by atoms with Crippen LogP contribution < -0.4 is 0 Å². The molecule has 1 aromatic rings. The molecule has 0 N–H and O–H groups in total. The Hall–Kier alpha value is -0.560. The first-order chi connectivity index (χ1) is 12.3. The van der Waals surface area contributed by atoms with E-state index in [-0.39, 0.29) is 16.5 Å². The van der Waals surface area contributed by atoms with Gasteiger partial charge in [0.15, 0.2) is 5.12 Å². The van der Waals surface area contributed by atoms with Gasteiger partial charge in [-0.3, -0.25) is 9.59 Å². The van der Waals surface area contributed by atoms with Crippen LogP contribution in [0.1, 0.15) is 73.3 Å². The number of carbonyl (C=O) groups is 2. The quantitative estimate of drug-likeness (QED) is 0.305. The highest BCUT2D eigenvalue weighted by atomic mass is 127. The zero-order chi connectivity index (χ0) is 20.9. The first-order valence-corrected chi connectivity index (χ1v) is 11.4. The third-order valence-corrected chi connectivity index (χ3v) is 6.51. The molecule has 0 fully saturated rings. The van der Waals surface area contributed by atoms with Gasteiger partial charge in [-0.05, 0) is 86.2 Å². The monoisotopic (exact) mass is 504 g/mol. The Kier molecular flexibility index (Phi) is 8.86. The number of esters is 1. The highest BCUT2D eigenvalue weighted by Gasteiger charge is 2.39. The Morgan fingerprint density at radius 2 is 1.70 bits per heavy atom. The van der Waals surface area contributed by atoms with Crippen molar-refractivity contribution < 1.29 is 14.3 Å². The summed E-state index contributed by atoms with van der Waals surface area (Å²) in [6, 6.07) is 8.11. The number of thioether (sulfide) groups is 1. The van der Waals surface area contributed by atoms with Crippen LogP contribution in [0.15, 0.2) is 24.3 Å². The summed E-state index contributed by atoms with van der Waals surface area (Å²) in [6.07, 6.45) is 2.57. The average Bonchev–Trinajstić information content (AvgIpc) is 2.51. The number of rotatable bonds is 8. The van der Waals surface area contributed by atoms with Gasteiger partial charge in [-0.2, -0.15) is 0 Å². The van der Waals surface area contributed by atoms with Gasteiger partial charge in [0, 0.05) is 16.2 Å². The van der Waals surface area contributed by atoms with Crippen LogP contribution in [0.25, 0.3) is 0 Å². The second-order valence-corrected chi connectivity index (χ2v) is 11.5. The van der Waals surface area contributed by atoms with E-state index in [4.69, 9.17) is 4.74 Å². The van der Waals surface area contributed by atoms with Crippen molar-refractivity contribution in [2.75, 3.05) is 5.75 Å². The minimum Gasteiger partial charge on any atom is -0.459 e. The molecule has 27 heavy (non-hydrogen) atoms. The van der Waals surface area contributed by atoms with Crippen molar-refractivity contribution in [3.05, 3.63) is 33.4 Å². The van der Waals surface area contributed by atoms with Gasteiger partial charge in [-0.15, -0.1) is 0 Å². The Labute approximate surface area is 182 Å². The van der Waals surface area contributed by atoms with Gasteiger partial charge in [-0.1, -0.05) is 44.2 Å². The number of hydrogen-bond acceptors (Lipinski definition) is 4. The molecular weight excluding hydrogens is 471 g/mol. The molecule has 0 aromatic heterocycles. The minimum absolute atomic E-state index is 0.0519. The van der Waals surface area contributed by atoms with Crippen LogP contribution in [0.4, 0.5) is 0 Å². The molecule has 1 rings (SSSR count). The lowest BCUT2D eigenvalue weighted by atomic mass is 9.76. The highest BCUT2D eigenvalue weighted by Crippen LogP contribution is 2.36. The smallest absolute Gasteiger partial charge is 0.316 e. The lowest BCUT2D eigenvalue weighted by Gasteiger charge is -2.33. The number of benzene rings is 1. The zero-order valence-corrected chi connectivity index (χ0v) is 20.6. The van der Waals surface area contributed by atoms with Crippen molar-refractivity contribution in [2.24, 2.45) is 5.41 Å². The zero-order valence-electron chi connectivity index (χ0n) is 17.6. The Morgan fingerprint density at radius 1 is 1.07 bits per heavy atom. The molecule has 0 saturated carbocycles. The number of halogens is 1. The third kappa shape index (κ3) is 8.55. The highest BCUT2D eigenvalue weighted by molar-refractivity contribution is 14.1.